The Balaban J connectivity index is 2.07. The van der Waals surface area contributed by atoms with Gasteiger partial charge in [-0.3, -0.25) is 0 Å². The first-order chi connectivity index (χ1) is 12.2. The number of hydrogen-bond acceptors (Lipinski definition) is 6. The van der Waals surface area contributed by atoms with Crippen LogP contribution in [0.2, 0.25) is 0 Å². The standard InChI is InChI=1S/C19H28N4O2/c1-5-9-23(10-6-2)19-12-18(21-14-22-19)20-13-15-7-8-16(24-3)17(11-15)25-4/h7-8,11-12,14H,5-6,9-10,13H2,1-4H3,(H,20,21,22). The first-order valence-corrected chi connectivity index (χ1v) is 8.73. The van der Waals surface area contributed by atoms with Gasteiger partial charge in [-0.1, -0.05) is 19.9 Å². The minimum Gasteiger partial charge on any atom is -0.493 e. The summed E-state index contributed by atoms with van der Waals surface area (Å²) in [6.07, 6.45) is 3.81. The van der Waals surface area contributed by atoms with E-state index in [9.17, 15) is 0 Å². The van der Waals surface area contributed by atoms with E-state index in [0.29, 0.717) is 6.54 Å². The van der Waals surface area contributed by atoms with E-state index in [2.05, 4.69) is 34.0 Å². The number of anilines is 2. The highest BCUT2D eigenvalue weighted by molar-refractivity contribution is 5.49. The minimum absolute atomic E-state index is 0.651. The maximum absolute atomic E-state index is 5.35. The summed E-state index contributed by atoms with van der Waals surface area (Å²) < 4.78 is 10.6. The fourth-order valence-electron chi connectivity index (χ4n) is 2.68. The SMILES string of the molecule is CCCN(CCC)c1cc(NCc2ccc(OC)c(OC)c2)ncn1. The van der Waals surface area contributed by atoms with Crippen LogP contribution < -0.4 is 19.7 Å². The van der Waals surface area contributed by atoms with Crippen LogP contribution in [0, 0.1) is 0 Å². The Bertz CT molecular complexity index is 658. The molecule has 0 aliphatic carbocycles. The number of nitrogens with one attached hydrogen (secondary N) is 1. The topological polar surface area (TPSA) is 59.5 Å². The van der Waals surface area contributed by atoms with Crippen LogP contribution in [0.4, 0.5) is 11.6 Å². The Hall–Kier alpha value is -2.50. The molecule has 0 aliphatic rings. The molecule has 25 heavy (non-hydrogen) atoms. The molecule has 0 unspecified atom stereocenters. The third kappa shape index (κ3) is 5.24. The fourth-order valence-corrected chi connectivity index (χ4v) is 2.68. The highest BCUT2D eigenvalue weighted by Gasteiger charge is 2.08. The lowest BCUT2D eigenvalue weighted by Gasteiger charge is -2.22. The lowest BCUT2D eigenvalue weighted by Crippen LogP contribution is -2.26. The molecule has 0 fully saturated rings. The summed E-state index contributed by atoms with van der Waals surface area (Å²) in [7, 11) is 3.28. The van der Waals surface area contributed by atoms with Crippen molar-refractivity contribution in [1.82, 2.24) is 9.97 Å². The number of methoxy groups -OCH3 is 2. The molecular formula is C19H28N4O2. The van der Waals surface area contributed by atoms with Gasteiger partial charge in [0.15, 0.2) is 11.5 Å². The van der Waals surface area contributed by atoms with E-state index in [1.165, 1.54) is 0 Å². The first-order valence-electron chi connectivity index (χ1n) is 8.73. The van der Waals surface area contributed by atoms with E-state index in [1.807, 2.05) is 24.3 Å². The molecule has 1 aromatic carbocycles. The second-order valence-electron chi connectivity index (χ2n) is 5.79. The highest BCUT2D eigenvalue weighted by atomic mass is 16.5. The summed E-state index contributed by atoms with van der Waals surface area (Å²) in [5.41, 5.74) is 1.09. The van der Waals surface area contributed by atoms with Crippen molar-refractivity contribution >= 4 is 11.6 Å². The molecule has 1 aromatic heterocycles. The van der Waals surface area contributed by atoms with E-state index < -0.39 is 0 Å². The number of ether oxygens (including phenoxy) is 2. The van der Waals surface area contributed by atoms with Crippen molar-refractivity contribution in [3.8, 4) is 11.5 Å². The average Bonchev–Trinajstić information content (AvgIpc) is 2.66. The van der Waals surface area contributed by atoms with Gasteiger partial charge < -0.3 is 19.7 Å². The first kappa shape index (κ1) is 18.8. The van der Waals surface area contributed by atoms with Gasteiger partial charge in [-0.25, -0.2) is 9.97 Å². The Morgan fingerprint density at radius 2 is 1.68 bits per heavy atom. The molecule has 0 saturated heterocycles. The van der Waals surface area contributed by atoms with Crippen molar-refractivity contribution < 1.29 is 9.47 Å². The number of hydrogen-bond donors (Lipinski definition) is 1. The summed E-state index contributed by atoms with van der Waals surface area (Å²) in [5, 5.41) is 3.36. The van der Waals surface area contributed by atoms with E-state index >= 15 is 0 Å². The van der Waals surface area contributed by atoms with Crippen LogP contribution in [-0.4, -0.2) is 37.3 Å². The van der Waals surface area contributed by atoms with Gasteiger partial charge in [0.25, 0.3) is 0 Å². The molecule has 0 spiro atoms. The molecule has 2 aromatic rings. The Kier molecular flexibility index (Phi) is 7.32. The number of benzene rings is 1. The second kappa shape index (κ2) is 9.71. The number of rotatable bonds is 10. The van der Waals surface area contributed by atoms with Gasteiger partial charge in [0, 0.05) is 25.7 Å². The van der Waals surface area contributed by atoms with E-state index in [-0.39, 0.29) is 0 Å². The molecule has 0 saturated carbocycles. The minimum atomic E-state index is 0.651. The Morgan fingerprint density at radius 3 is 2.32 bits per heavy atom. The molecule has 0 bridgehead atoms. The van der Waals surface area contributed by atoms with E-state index in [1.54, 1.807) is 20.5 Å². The van der Waals surface area contributed by atoms with Crippen molar-refractivity contribution in [1.29, 1.82) is 0 Å². The van der Waals surface area contributed by atoms with Crippen molar-refractivity contribution in [3.63, 3.8) is 0 Å². The molecule has 0 radical (unpaired) electrons. The molecule has 0 amide bonds. The van der Waals surface area contributed by atoms with Crippen molar-refractivity contribution in [2.24, 2.45) is 0 Å². The lowest BCUT2D eigenvalue weighted by molar-refractivity contribution is 0.354. The van der Waals surface area contributed by atoms with Crippen LogP contribution in [0.3, 0.4) is 0 Å². The third-order valence-corrected chi connectivity index (χ3v) is 3.89. The maximum Gasteiger partial charge on any atom is 0.161 e. The molecule has 6 heteroatoms. The third-order valence-electron chi connectivity index (χ3n) is 3.89. The zero-order valence-corrected chi connectivity index (χ0v) is 15.6. The van der Waals surface area contributed by atoms with E-state index in [0.717, 1.165) is 54.6 Å². The average molecular weight is 344 g/mol. The smallest absolute Gasteiger partial charge is 0.161 e. The quantitative estimate of drug-likeness (QED) is 0.709. The highest BCUT2D eigenvalue weighted by Crippen LogP contribution is 2.27. The van der Waals surface area contributed by atoms with Crippen LogP contribution >= 0.6 is 0 Å². The Labute approximate surface area is 150 Å². The Morgan fingerprint density at radius 1 is 0.960 bits per heavy atom. The van der Waals surface area contributed by atoms with Gasteiger partial charge in [0.05, 0.1) is 14.2 Å². The van der Waals surface area contributed by atoms with Gasteiger partial charge in [-0.15, -0.1) is 0 Å². The predicted molar refractivity (Wildman–Crippen MR) is 102 cm³/mol. The zero-order valence-electron chi connectivity index (χ0n) is 15.6. The summed E-state index contributed by atoms with van der Waals surface area (Å²) in [4.78, 5) is 11.0. The normalized spacial score (nSPS) is 10.4. The van der Waals surface area contributed by atoms with Gasteiger partial charge in [-0.2, -0.15) is 0 Å². The summed E-state index contributed by atoms with van der Waals surface area (Å²) in [5.74, 6) is 3.23. The largest absolute Gasteiger partial charge is 0.493 e. The molecular weight excluding hydrogens is 316 g/mol. The summed E-state index contributed by atoms with van der Waals surface area (Å²) in [6, 6.07) is 7.89. The fraction of sp³-hybridized carbons (Fsp3) is 0.474. The summed E-state index contributed by atoms with van der Waals surface area (Å²) in [6.45, 7) is 7.01. The molecule has 136 valence electrons. The number of nitrogens with zero attached hydrogens (tertiary/aromatic N) is 3. The van der Waals surface area contributed by atoms with E-state index in [4.69, 9.17) is 9.47 Å². The second-order valence-corrected chi connectivity index (χ2v) is 5.79. The molecule has 0 aliphatic heterocycles. The van der Waals surface area contributed by atoms with Crippen LogP contribution in [0.1, 0.15) is 32.3 Å². The van der Waals surface area contributed by atoms with Gasteiger partial charge >= 0.3 is 0 Å². The van der Waals surface area contributed by atoms with Gasteiger partial charge in [-0.05, 0) is 30.5 Å². The maximum atomic E-state index is 5.35. The summed E-state index contributed by atoms with van der Waals surface area (Å²) >= 11 is 0. The number of aromatic nitrogens is 2. The predicted octanol–water partition coefficient (Wildman–Crippen LogP) is 3.73. The van der Waals surface area contributed by atoms with Crippen molar-refractivity contribution in [2.45, 2.75) is 33.2 Å². The van der Waals surface area contributed by atoms with Gasteiger partial charge in [0.2, 0.25) is 0 Å². The lowest BCUT2D eigenvalue weighted by atomic mass is 10.2. The monoisotopic (exact) mass is 344 g/mol. The van der Waals surface area contributed by atoms with Crippen LogP contribution in [0.15, 0.2) is 30.6 Å². The molecule has 0 atom stereocenters. The van der Waals surface area contributed by atoms with Gasteiger partial charge in [0.1, 0.15) is 18.0 Å². The molecule has 1 N–H and O–H groups in total. The molecule has 6 nitrogen and oxygen atoms in total. The molecule has 1 heterocycles. The van der Waals surface area contributed by atoms with Crippen molar-refractivity contribution in [2.75, 3.05) is 37.5 Å². The van der Waals surface area contributed by atoms with Crippen LogP contribution in [0.25, 0.3) is 0 Å². The van der Waals surface area contributed by atoms with Crippen molar-refractivity contribution in [3.05, 3.63) is 36.2 Å². The van der Waals surface area contributed by atoms with Crippen LogP contribution in [0.5, 0.6) is 11.5 Å². The zero-order chi connectivity index (χ0) is 18.1. The molecule has 2 rings (SSSR count). The van der Waals surface area contributed by atoms with Crippen LogP contribution in [-0.2, 0) is 6.54 Å².